The van der Waals surface area contributed by atoms with E-state index >= 15 is 0 Å². The van der Waals surface area contributed by atoms with Crippen molar-refractivity contribution in [2.45, 2.75) is 6.92 Å². The van der Waals surface area contributed by atoms with Crippen LogP contribution in [-0.4, -0.2) is 22.9 Å². The highest BCUT2D eigenvalue weighted by Crippen LogP contribution is 2.30. The number of pyridine rings is 1. The van der Waals surface area contributed by atoms with E-state index in [2.05, 4.69) is 5.32 Å². The average Bonchev–Trinajstić information content (AvgIpc) is 2.61. The van der Waals surface area contributed by atoms with E-state index in [1.807, 2.05) is 22.6 Å². The highest BCUT2D eigenvalue weighted by Gasteiger charge is 2.18. The molecule has 8 heteroatoms. The number of hydrogen-bond acceptors (Lipinski definition) is 4. The predicted octanol–water partition coefficient (Wildman–Crippen LogP) is 3.84. The van der Waals surface area contributed by atoms with E-state index in [-0.39, 0.29) is 35.7 Å². The van der Waals surface area contributed by atoms with Crippen LogP contribution in [0.3, 0.4) is 0 Å². The van der Waals surface area contributed by atoms with Gasteiger partial charge < -0.3 is 19.7 Å². The molecule has 0 unspecified atom stereocenters. The molecule has 27 heavy (non-hydrogen) atoms. The van der Waals surface area contributed by atoms with E-state index in [9.17, 15) is 13.6 Å². The standard InChI is InChI=1S/C19H17F2IN2O3/c1-10-19(27-6-5-25)18(26)17-15(7-11(20)8-16(17)24(10)2)23-14-4-3-12(22)9-13(14)21/h3-4,7-9,23,25H,5-6H2,1-2H3. The molecule has 3 rings (SSSR count). The van der Waals surface area contributed by atoms with Crippen molar-refractivity contribution in [3.63, 3.8) is 0 Å². The molecule has 0 aliphatic heterocycles. The molecule has 0 atom stereocenters. The summed E-state index contributed by atoms with van der Waals surface area (Å²) < 4.78 is 36.2. The molecule has 2 aromatic carbocycles. The molecule has 0 saturated heterocycles. The van der Waals surface area contributed by atoms with E-state index in [1.54, 1.807) is 24.6 Å². The minimum absolute atomic E-state index is 0.0444. The van der Waals surface area contributed by atoms with Gasteiger partial charge in [0.15, 0.2) is 5.75 Å². The van der Waals surface area contributed by atoms with Crippen LogP contribution in [0.1, 0.15) is 5.69 Å². The monoisotopic (exact) mass is 486 g/mol. The van der Waals surface area contributed by atoms with Crippen LogP contribution < -0.4 is 15.5 Å². The second-order valence-corrected chi connectivity index (χ2v) is 7.22. The van der Waals surface area contributed by atoms with Gasteiger partial charge in [0.25, 0.3) is 0 Å². The first kappa shape index (κ1) is 19.6. The Bertz CT molecular complexity index is 1080. The molecule has 2 N–H and O–H groups in total. The van der Waals surface area contributed by atoms with Crippen molar-refractivity contribution < 1.29 is 18.6 Å². The number of aliphatic hydroxyl groups excluding tert-OH is 1. The Kier molecular flexibility index (Phi) is 5.66. The normalized spacial score (nSPS) is 11.0. The lowest BCUT2D eigenvalue weighted by molar-refractivity contribution is 0.199. The fourth-order valence-electron chi connectivity index (χ4n) is 2.86. The molecule has 0 bridgehead atoms. The molecule has 0 aliphatic rings. The predicted molar refractivity (Wildman–Crippen MR) is 109 cm³/mol. The van der Waals surface area contributed by atoms with Gasteiger partial charge in [0.2, 0.25) is 5.43 Å². The van der Waals surface area contributed by atoms with Gasteiger partial charge in [-0.2, -0.15) is 0 Å². The third-order valence-electron chi connectivity index (χ3n) is 4.25. The van der Waals surface area contributed by atoms with Crippen molar-refractivity contribution in [3.05, 3.63) is 61.5 Å². The van der Waals surface area contributed by atoms with Gasteiger partial charge >= 0.3 is 0 Å². The van der Waals surface area contributed by atoms with Gasteiger partial charge in [-0.25, -0.2) is 8.78 Å². The molecule has 142 valence electrons. The zero-order valence-electron chi connectivity index (χ0n) is 14.6. The Morgan fingerprint density at radius 3 is 2.63 bits per heavy atom. The largest absolute Gasteiger partial charge is 0.485 e. The maximum atomic E-state index is 14.2. The Morgan fingerprint density at radius 1 is 1.22 bits per heavy atom. The highest BCUT2D eigenvalue weighted by molar-refractivity contribution is 14.1. The molecule has 0 aliphatic carbocycles. The molecular formula is C19H17F2IN2O3. The maximum absolute atomic E-state index is 14.2. The van der Waals surface area contributed by atoms with Crippen molar-refractivity contribution in [2.24, 2.45) is 7.05 Å². The van der Waals surface area contributed by atoms with E-state index in [0.29, 0.717) is 14.8 Å². The van der Waals surface area contributed by atoms with E-state index in [4.69, 9.17) is 9.84 Å². The summed E-state index contributed by atoms with van der Waals surface area (Å²) in [6.45, 7) is 1.38. The second kappa shape index (κ2) is 7.81. The van der Waals surface area contributed by atoms with Crippen molar-refractivity contribution in [2.75, 3.05) is 18.5 Å². The molecule has 0 spiro atoms. The SMILES string of the molecule is Cc1c(OCCO)c(=O)c2c(Nc3ccc(I)cc3F)cc(F)cc2n1C. The molecule has 1 heterocycles. The third kappa shape index (κ3) is 3.77. The number of halogens is 3. The van der Waals surface area contributed by atoms with Crippen molar-refractivity contribution >= 4 is 44.9 Å². The Hall–Kier alpha value is -2.20. The molecule has 3 aromatic rings. The topological polar surface area (TPSA) is 63.5 Å². The van der Waals surface area contributed by atoms with Crippen molar-refractivity contribution in [3.8, 4) is 5.75 Å². The van der Waals surface area contributed by atoms with Crippen LogP contribution in [0.5, 0.6) is 5.75 Å². The summed E-state index contributed by atoms with van der Waals surface area (Å²) in [5, 5.41) is 12.0. The van der Waals surface area contributed by atoms with Gasteiger partial charge in [0.05, 0.1) is 34.6 Å². The molecule has 0 saturated carbocycles. The van der Waals surface area contributed by atoms with Crippen LogP contribution in [0.25, 0.3) is 10.9 Å². The first-order valence-corrected chi connectivity index (χ1v) is 9.20. The average molecular weight is 486 g/mol. The van der Waals surface area contributed by atoms with Crippen molar-refractivity contribution in [1.82, 2.24) is 4.57 Å². The number of nitrogens with one attached hydrogen (secondary N) is 1. The Labute approximate surface area is 167 Å². The molecule has 0 amide bonds. The molecule has 0 fully saturated rings. The van der Waals surface area contributed by atoms with Gasteiger partial charge in [-0.15, -0.1) is 0 Å². The second-order valence-electron chi connectivity index (χ2n) is 5.97. The van der Waals surface area contributed by atoms with Gasteiger partial charge in [0, 0.05) is 10.6 Å². The summed E-state index contributed by atoms with van der Waals surface area (Å²) >= 11 is 1.98. The molecule has 1 aromatic heterocycles. The van der Waals surface area contributed by atoms with Crippen LogP contribution in [0.15, 0.2) is 35.1 Å². The van der Waals surface area contributed by atoms with E-state index < -0.39 is 17.1 Å². The van der Waals surface area contributed by atoms with Crippen LogP contribution in [0.4, 0.5) is 20.2 Å². The Balaban J connectivity index is 2.25. The lowest BCUT2D eigenvalue weighted by Crippen LogP contribution is -2.18. The van der Waals surface area contributed by atoms with Crippen molar-refractivity contribution in [1.29, 1.82) is 0 Å². The van der Waals surface area contributed by atoms with E-state index in [1.165, 1.54) is 18.2 Å². The number of rotatable bonds is 5. The van der Waals surface area contributed by atoms with Gasteiger partial charge in [0.1, 0.15) is 18.2 Å². The summed E-state index contributed by atoms with van der Waals surface area (Å²) in [7, 11) is 1.68. The molecular weight excluding hydrogens is 469 g/mol. The zero-order chi connectivity index (χ0) is 19.7. The summed E-state index contributed by atoms with van der Waals surface area (Å²) in [4.78, 5) is 13.0. The summed E-state index contributed by atoms with van der Waals surface area (Å²) in [6.07, 6.45) is 0. The number of fused-ring (bicyclic) bond motifs is 1. The molecule has 0 radical (unpaired) electrons. The molecule has 5 nitrogen and oxygen atoms in total. The van der Waals surface area contributed by atoms with Crippen LogP contribution in [0, 0.1) is 22.1 Å². The quantitative estimate of drug-likeness (QED) is 0.539. The first-order valence-electron chi connectivity index (χ1n) is 8.12. The number of ether oxygens (including phenoxy) is 1. The number of nitrogens with zero attached hydrogens (tertiary/aromatic N) is 1. The van der Waals surface area contributed by atoms with E-state index in [0.717, 1.165) is 6.07 Å². The number of anilines is 2. The lowest BCUT2D eigenvalue weighted by atomic mass is 10.1. The van der Waals surface area contributed by atoms with Crippen LogP contribution in [0.2, 0.25) is 0 Å². The number of aromatic nitrogens is 1. The lowest BCUT2D eigenvalue weighted by Gasteiger charge is -2.17. The third-order valence-corrected chi connectivity index (χ3v) is 4.92. The number of hydrogen-bond donors (Lipinski definition) is 2. The number of benzene rings is 2. The zero-order valence-corrected chi connectivity index (χ0v) is 16.8. The first-order chi connectivity index (χ1) is 12.8. The fraction of sp³-hybridized carbons (Fsp3) is 0.211. The van der Waals surface area contributed by atoms with Gasteiger partial charge in [-0.3, -0.25) is 4.79 Å². The van der Waals surface area contributed by atoms with Gasteiger partial charge in [-0.1, -0.05) is 0 Å². The van der Waals surface area contributed by atoms with Crippen LogP contribution >= 0.6 is 22.6 Å². The summed E-state index contributed by atoms with van der Waals surface area (Å²) in [6, 6.07) is 6.95. The minimum Gasteiger partial charge on any atom is -0.485 e. The highest BCUT2D eigenvalue weighted by atomic mass is 127. The number of aryl methyl sites for hydroxylation is 1. The maximum Gasteiger partial charge on any atom is 0.233 e. The fourth-order valence-corrected chi connectivity index (χ4v) is 3.31. The number of aliphatic hydroxyl groups is 1. The smallest absolute Gasteiger partial charge is 0.233 e. The minimum atomic E-state index is -0.561. The summed E-state index contributed by atoms with van der Waals surface area (Å²) in [5.41, 5.74) is 0.657. The van der Waals surface area contributed by atoms with Crippen LogP contribution in [-0.2, 0) is 7.05 Å². The van der Waals surface area contributed by atoms with Gasteiger partial charge in [-0.05, 0) is 59.8 Å². The summed E-state index contributed by atoms with van der Waals surface area (Å²) in [5.74, 6) is -1.01. The Morgan fingerprint density at radius 2 is 1.96 bits per heavy atom.